The van der Waals surface area contributed by atoms with Gasteiger partial charge < -0.3 is 0 Å². The van der Waals surface area contributed by atoms with Crippen molar-refractivity contribution in [1.82, 2.24) is 14.9 Å². The molecule has 0 radical (unpaired) electrons. The van der Waals surface area contributed by atoms with E-state index in [0.717, 1.165) is 11.1 Å². The maximum Gasteiger partial charge on any atom is 0.266 e. The second-order valence-electron chi connectivity index (χ2n) is 11.1. The third-order valence-corrected chi connectivity index (χ3v) is 8.44. The maximum atomic E-state index is 14.5. The molecule has 4 aromatic rings. The molecule has 1 N–H and O–H groups in total. The molecule has 3 aromatic carbocycles. The first kappa shape index (κ1) is 23.0. The molecule has 4 heterocycles. The van der Waals surface area contributed by atoms with Crippen molar-refractivity contribution < 1.29 is 9.59 Å². The highest BCUT2D eigenvalue weighted by molar-refractivity contribution is 6.23. The Kier molecular flexibility index (Phi) is 4.82. The normalized spacial score (nSPS) is 25.5. The zero-order chi connectivity index (χ0) is 26.3. The summed E-state index contributed by atoms with van der Waals surface area (Å²) in [7, 11) is 0. The van der Waals surface area contributed by atoms with Gasteiger partial charge in [0.05, 0.1) is 34.1 Å². The number of nitrogens with one attached hydrogen (secondary N) is 1. The minimum absolute atomic E-state index is 0.173. The number of imide groups is 1. The Balaban J connectivity index is 1.53. The van der Waals surface area contributed by atoms with E-state index in [2.05, 4.69) is 19.2 Å². The standard InChI is InChI=1S/C31H28N4O3/c1-17(2)16-22-25-26(29(38)34(28(25)37)23-14-8-4-10-18(23)3)31(33-22)20-12-6-9-15-24(20)35-27(36)19-11-5-7-13-21(19)32-30(31)35/h4-15,17,22,25-26,33H,16H2,1-3H3/t22-,25+,26-,31-/m1/s1. The largest absolute Gasteiger partial charge is 0.297 e. The van der Waals surface area contributed by atoms with E-state index in [0.29, 0.717) is 40.4 Å². The summed E-state index contributed by atoms with van der Waals surface area (Å²) < 4.78 is 1.65. The third kappa shape index (κ3) is 2.82. The molecular formula is C31H28N4O3. The number of hydrogen-bond acceptors (Lipinski definition) is 5. The molecule has 1 spiro atoms. The van der Waals surface area contributed by atoms with Gasteiger partial charge in [0, 0.05) is 11.6 Å². The summed E-state index contributed by atoms with van der Waals surface area (Å²) in [6.45, 7) is 6.15. The summed E-state index contributed by atoms with van der Waals surface area (Å²) in [4.78, 5) is 48.9. The smallest absolute Gasteiger partial charge is 0.266 e. The first-order valence-electron chi connectivity index (χ1n) is 13.2. The van der Waals surface area contributed by atoms with Gasteiger partial charge in [-0.25, -0.2) is 9.88 Å². The van der Waals surface area contributed by atoms with Gasteiger partial charge >= 0.3 is 0 Å². The van der Waals surface area contributed by atoms with Crippen LogP contribution < -0.4 is 15.8 Å². The van der Waals surface area contributed by atoms with Gasteiger partial charge in [-0.2, -0.15) is 0 Å². The topological polar surface area (TPSA) is 84.3 Å². The van der Waals surface area contributed by atoms with E-state index in [4.69, 9.17) is 4.98 Å². The summed E-state index contributed by atoms with van der Waals surface area (Å²) in [6, 6.07) is 22.2. The second kappa shape index (κ2) is 7.95. The zero-order valence-corrected chi connectivity index (χ0v) is 21.5. The predicted octanol–water partition coefficient (Wildman–Crippen LogP) is 4.07. The third-order valence-electron chi connectivity index (χ3n) is 8.44. The van der Waals surface area contributed by atoms with Crippen LogP contribution in [0.2, 0.25) is 0 Å². The highest BCUT2D eigenvalue weighted by atomic mass is 16.2. The first-order chi connectivity index (χ1) is 18.3. The van der Waals surface area contributed by atoms with Crippen molar-refractivity contribution >= 4 is 28.4 Å². The van der Waals surface area contributed by atoms with Crippen molar-refractivity contribution in [2.24, 2.45) is 17.8 Å². The average molecular weight is 505 g/mol. The molecule has 7 nitrogen and oxygen atoms in total. The van der Waals surface area contributed by atoms with Crippen LogP contribution in [0.1, 0.15) is 37.2 Å². The second-order valence-corrected chi connectivity index (χ2v) is 11.1. The highest BCUT2D eigenvalue weighted by Crippen LogP contribution is 2.56. The lowest BCUT2D eigenvalue weighted by molar-refractivity contribution is -0.123. The molecule has 0 bridgehead atoms. The van der Waals surface area contributed by atoms with Gasteiger partial charge in [0.2, 0.25) is 11.8 Å². The van der Waals surface area contributed by atoms with E-state index in [1.165, 1.54) is 4.90 Å². The quantitative estimate of drug-likeness (QED) is 0.425. The number of fused-ring (bicyclic) bond motifs is 8. The van der Waals surface area contributed by atoms with E-state index in [-0.39, 0.29) is 23.4 Å². The molecule has 190 valence electrons. The van der Waals surface area contributed by atoms with Crippen molar-refractivity contribution in [1.29, 1.82) is 0 Å². The zero-order valence-electron chi connectivity index (χ0n) is 21.5. The summed E-state index contributed by atoms with van der Waals surface area (Å²) in [5.41, 5.74) is 2.30. The van der Waals surface area contributed by atoms with Crippen molar-refractivity contribution in [3.63, 3.8) is 0 Å². The van der Waals surface area contributed by atoms with Crippen LogP contribution in [0.3, 0.4) is 0 Å². The van der Waals surface area contributed by atoms with Gasteiger partial charge in [-0.1, -0.05) is 62.4 Å². The molecule has 1 aromatic heterocycles. The van der Waals surface area contributed by atoms with Crippen LogP contribution in [0, 0.1) is 24.7 Å². The number of benzene rings is 3. The molecule has 0 aliphatic carbocycles. The van der Waals surface area contributed by atoms with Crippen LogP contribution in [0.4, 0.5) is 5.69 Å². The molecule has 0 unspecified atom stereocenters. The Hall–Kier alpha value is -4.10. The number of aryl methyl sites for hydroxylation is 1. The number of nitrogens with zero attached hydrogens (tertiary/aromatic N) is 3. The van der Waals surface area contributed by atoms with Crippen molar-refractivity contribution in [2.45, 2.75) is 38.8 Å². The average Bonchev–Trinajstić information content (AvgIpc) is 3.48. The van der Waals surface area contributed by atoms with Crippen LogP contribution in [0.15, 0.2) is 77.6 Å². The molecule has 3 aliphatic heterocycles. The number of carbonyl (C=O) groups excluding carboxylic acids is 2. The van der Waals surface area contributed by atoms with E-state index >= 15 is 0 Å². The van der Waals surface area contributed by atoms with Gasteiger partial charge in [0.1, 0.15) is 11.4 Å². The van der Waals surface area contributed by atoms with Crippen LogP contribution >= 0.6 is 0 Å². The van der Waals surface area contributed by atoms with Crippen molar-refractivity contribution in [2.75, 3.05) is 4.90 Å². The maximum absolute atomic E-state index is 14.5. The van der Waals surface area contributed by atoms with Gasteiger partial charge in [-0.15, -0.1) is 0 Å². The number of rotatable bonds is 3. The number of para-hydroxylation sites is 3. The SMILES string of the molecule is Cc1ccccc1N1C(=O)[C@H]2[C@@H](CC(C)C)N[C@]3(c4ccccc4-n4c3nc3ccccc3c4=O)[C@H]2C1=O. The predicted molar refractivity (Wildman–Crippen MR) is 145 cm³/mol. The Morgan fingerprint density at radius 2 is 1.58 bits per heavy atom. The van der Waals surface area contributed by atoms with Crippen LogP contribution in [0.5, 0.6) is 0 Å². The van der Waals surface area contributed by atoms with E-state index in [1.54, 1.807) is 10.6 Å². The summed E-state index contributed by atoms with van der Waals surface area (Å²) in [6.07, 6.45) is 0.712. The molecule has 3 aliphatic rings. The summed E-state index contributed by atoms with van der Waals surface area (Å²) in [5.74, 6) is -0.977. The van der Waals surface area contributed by atoms with Gasteiger partial charge in [-0.05, 0) is 49.1 Å². The van der Waals surface area contributed by atoms with Gasteiger partial charge in [0.15, 0.2) is 0 Å². The molecule has 2 amide bonds. The van der Waals surface area contributed by atoms with Gasteiger partial charge in [0.25, 0.3) is 5.56 Å². The fourth-order valence-electron chi connectivity index (χ4n) is 6.98. The Labute approximate surface area is 220 Å². The van der Waals surface area contributed by atoms with Crippen LogP contribution in [-0.2, 0) is 15.1 Å². The van der Waals surface area contributed by atoms with Crippen molar-refractivity contribution in [3.05, 3.63) is 100 Å². The lowest BCUT2D eigenvalue weighted by atomic mass is 9.75. The summed E-state index contributed by atoms with van der Waals surface area (Å²) in [5, 5.41) is 4.28. The Morgan fingerprint density at radius 3 is 2.34 bits per heavy atom. The highest BCUT2D eigenvalue weighted by Gasteiger charge is 2.69. The van der Waals surface area contributed by atoms with Crippen molar-refractivity contribution in [3.8, 4) is 5.69 Å². The molecule has 0 saturated carbocycles. The molecule has 2 saturated heterocycles. The minimum Gasteiger partial charge on any atom is -0.297 e. The minimum atomic E-state index is -1.10. The van der Waals surface area contributed by atoms with Crippen LogP contribution in [0.25, 0.3) is 16.6 Å². The summed E-state index contributed by atoms with van der Waals surface area (Å²) >= 11 is 0. The number of hydrogen-bond donors (Lipinski definition) is 1. The number of anilines is 1. The molecule has 4 atom stereocenters. The monoisotopic (exact) mass is 504 g/mol. The fraction of sp³-hybridized carbons (Fsp3) is 0.290. The van der Waals surface area contributed by atoms with E-state index in [9.17, 15) is 14.4 Å². The molecule has 2 fully saturated rings. The lowest BCUT2D eigenvalue weighted by Crippen LogP contribution is -2.50. The van der Waals surface area contributed by atoms with Crippen LogP contribution in [-0.4, -0.2) is 27.4 Å². The molecule has 7 heteroatoms. The molecule has 38 heavy (non-hydrogen) atoms. The Morgan fingerprint density at radius 1 is 0.895 bits per heavy atom. The fourth-order valence-corrected chi connectivity index (χ4v) is 6.98. The first-order valence-corrected chi connectivity index (χ1v) is 13.2. The number of aromatic nitrogens is 2. The van der Waals surface area contributed by atoms with E-state index in [1.807, 2.05) is 73.7 Å². The van der Waals surface area contributed by atoms with E-state index < -0.39 is 17.4 Å². The number of carbonyl (C=O) groups is 2. The number of amides is 2. The molecular weight excluding hydrogens is 476 g/mol. The molecule has 7 rings (SSSR count). The Bertz CT molecular complexity index is 1720. The van der Waals surface area contributed by atoms with Gasteiger partial charge in [-0.3, -0.25) is 24.3 Å². The lowest BCUT2D eigenvalue weighted by Gasteiger charge is -2.32.